The van der Waals surface area contributed by atoms with Gasteiger partial charge < -0.3 is 10.1 Å². The first-order chi connectivity index (χ1) is 14.3. The molecule has 1 N–H and O–H groups in total. The maximum absolute atomic E-state index is 12.9. The fourth-order valence-electron chi connectivity index (χ4n) is 3.56. The molecule has 3 rings (SSSR count). The fourth-order valence-corrected chi connectivity index (χ4v) is 3.56. The molecule has 0 atom stereocenters. The summed E-state index contributed by atoms with van der Waals surface area (Å²) in [7, 11) is 1.58. The molecular formula is C23H25F3N2O2. The van der Waals surface area contributed by atoms with E-state index < -0.39 is 11.7 Å². The van der Waals surface area contributed by atoms with E-state index in [1.54, 1.807) is 19.3 Å². The van der Waals surface area contributed by atoms with Crippen molar-refractivity contribution in [3.05, 3.63) is 71.3 Å². The molecule has 0 aliphatic carbocycles. The van der Waals surface area contributed by atoms with Gasteiger partial charge in [0, 0.05) is 37.3 Å². The maximum atomic E-state index is 12.9. The van der Waals surface area contributed by atoms with Crippen LogP contribution in [0.2, 0.25) is 0 Å². The SMILES string of the molecule is COc1ccccc1C=CC(=O)NC1CCN(Cc2cccc(C(F)(F)F)c2)CC1. The van der Waals surface area contributed by atoms with Crippen LogP contribution in [0.1, 0.15) is 29.5 Å². The van der Waals surface area contributed by atoms with Crippen molar-refractivity contribution in [1.29, 1.82) is 0 Å². The fraction of sp³-hybridized carbons (Fsp3) is 0.348. The van der Waals surface area contributed by atoms with Gasteiger partial charge in [0.1, 0.15) is 5.75 Å². The van der Waals surface area contributed by atoms with Crippen LogP contribution in [0.4, 0.5) is 13.2 Å². The summed E-state index contributed by atoms with van der Waals surface area (Å²) in [6.07, 6.45) is 0.398. The molecule has 160 valence electrons. The summed E-state index contributed by atoms with van der Waals surface area (Å²) in [5.74, 6) is 0.529. The van der Waals surface area contributed by atoms with Crippen LogP contribution in [0, 0.1) is 0 Å². The standard InChI is InChI=1S/C23H25F3N2O2/c1-30-21-8-3-2-6-18(21)9-10-22(29)27-20-11-13-28(14-12-20)16-17-5-4-7-19(15-17)23(24,25)26/h2-10,15,20H,11-14,16H2,1H3,(H,27,29). The first kappa shape index (κ1) is 21.9. The molecule has 2 aromatic carbocycles. The van der Waals surface area contributed by atoms with E-state index in [9.17, 15) is 18.0 Å². The summed E-state index contributed by atoms with van der Waals surface area (Å²) in [6.45, 7) is 1.91. The summed E-state index contributed by atoms with van der Waals surface area (Å²) in [5.41, 5.74) is 0.849. The summed E-state index contributed by atoms with van der Waals surface area (Å²) < 4.78 is 43.9. The zero-order valence-corrected chi connectivity index (χ0v) is 16.8. The number of hydrogen-bond donors (Lipinski definition) is 1. The van der Waals surface area contributed by atoms with E-state index in [4.69, 9.17) is 4.74 Å². The molecule has 30 heavy (non-hydrogen) atoms. The van der Waals surface area contributed by atoms with Gasteiger partial charge in [-0.25, -0.2) is 0 Å². The van der Waals surface area contributed by atoms with Gasteiger partial charge >= 0.3 is 6.18 Å². The molecule has 1 amide bonds. The molecule has 7 heteroatoms. The lowest BCUT2D eigenvalue weighted by molar-refractivity contribution is -0.137. The summed E-state index contributed by atoms with van der Waals surface area (Å²) >= 11 is 0. The zero-order chi connectivity index (χ0) is 21.6. The lowest BCUT2D eigenvalue weighted by atomic mass is 10.0. The van der Waals surface area contributed by atoms with Gasteiger partial charge in [0.2, 0.25) is 5.91 Å². The Kier molecular flexibility index (Phi) is 7.15. The van der Waals surface area contributed by atoms with Gasteiger partial charge in [-0.1, -0.05) is 36.4 Å². The highest BCUT2D eigenvalue weighted by Crippen LogP contribution is 2.30. The monoisotopic (exact) mass is 418 g/mol. The third-order valence-electron chi connectivity index (χ3n) is 5.15. The van der Waals surface area contributed by atoms with Gasteiger partial charge in [-0.3, -0.25) is 9.69 Å². The summed E-state index contributed by atoms with van der Waals surface area (Å²) in [4.78, 5) is 14.3. The number of nitrogens with zero attached hydrogens (tertiary/aromatic N) is 1. The van der Waals surface area contributed by atoms with Gasteiger partial charge in [-0.15, -0.1) is 0 Å². The van der Waals surface area contributed by atoms with Crippen LogP contribution in [0.15, 0.2) is 54.6 Å². The highest BCUT2D eigenvalue weighted by atomic mass is 19.4. The second kappa shape index (κ2) is 9.80. The number of para-hydroxylation sites is 1. The summed E-state index contributed by atoms with van der Waals surface area (Å²) in [5, 5.41) is 3.00. The minimum absolute atomic E-state index is 0.0533. The van der Waals surface area contributed by atoms with Gasteiger partial charge in [0.05, 0.1) is 12.7 Å². The molecule has 0 radical (unpaired) electrons. The van der Waals surface area contributed by atoms with E-state index in [1.807, 2.05) is 24.3 Å². The largest absolute Gasteiger partial charge is 0.496 e. The average Bonchev–Trinajstić information content (AvgIpc) is 2.73. The van der Waals surface area contributed by atoms with Crippen molar-refractivity contribution in [2.24, 2.45) is 0 Å². The average molecular weight is 418 g/mol. The maximum Gasteiger partial charge on any atom is 0.416 e. The van der Waals surface area contributed by atoms with Crippen LogP contribution in [-0.2, 0) is 17.5 Å². The van der Waals surface area contributed by atoms with Crippen molar-refractivity contribution in [1.82, 2.24) is 10.2 Å². The number of carbonyl (C=O) groups excluding carboxylic acids is 1. The first-order valence-corrected chi connectivity index (χ1v) is 9.85. The van der Waals surface area contributed by atoms with Crippen LogP contribution in [-0.4, -0.2) is 37.0 Å². The number of carbonyl (C=O) groups is 1. The number of likely N-dealkylation sites (tertiary alicyclic amines) is 1. The number of amides is 1. The van der Waals surface area contributed by atoms with Crippen LogP contribution in [0.5, 0.6) is 5.75 Å². The number of hydrogen-bond acceptors (Lipinski definition) is 3. The molecule has 1 aliphatic rings. The minimum atomic E-state index is -4.33. The lowest BCUT2D eigenvalue weighted by Gasteiger charge is -2.32. The normalized spacial score (nSPS) is 16.0. The van der Waals surface area contributed by atoms with Crippen molar-refractivity contribution < 1.29 is 22.7 Å². The molecule has 1 heterocycles. The Balaban J connectivity index is 1.48. The van der Waals surface area contributed by atoms with Gasteiger partial charge in [0.25, 0.3) is 0 Å². The second-order valence-corrected chi connectivity index (χ2v) is 7.33. The Labute approximate surface area is 174 Å². The number of rotatable bonds is 6. The van der Waals surface area contributed by atoms with Crippen LogP contribution in [0.3, 0.4) is 0 Å². The van der Waals surface area contributed by atoms with Gasteiger partial charge in [-0.2, -0.15) is 13.2 Å². The van der Waals surface area contributed by atoms with Gasteiger partial charge in [-0.05, 0) is 36.6 Å². The number of piperidine rings is 1. The van der Waals surface area contributed by atoms with E-state index in [-0.39, 0.29) is 11.9 Å². The Bertz CT molecular complexity index is 888. The number of ether oxygens (including phenoxy) is 1. The molecule has 2 aromatic rings. The number of methoxy groups -OCH3 is 1. The number of nitrogens with one attached hydrogen (secondary N) is 1. The molecule has 0 aromatic heterocycles. The van der Waals surface area contributed by atoms with Gasteiger partial charge in [0.15, 0.2) is 0 Å². The second-order valence-electron chi connectivity index (χ2n) is 7.33. The molecular weight excluding hydrogens is 393 g/mol. The lowest BCUT2D eigenvalue weighted by Crippen LogP contribution is -2.43. The molecule has 4 nitrogen and oxygen atoms in total. The van der Waals surface area contributed by atoms with E-state index >= 15 is 0 Å². The topological polar surface area (TPSA) is 41.6 Å². The third kappa shape index (κ3) is 6.10. The van der Waals surface area contributed by atoms with E-state index in [0.717, 1.165) is 37.6 Å². The molecule has 1 fully saturated rings. The van der Waals surface area contributed by atoms with Crippen LogP contribution >= 0.6 is 0 Å². The molecule has 0 bridgehead atoms. The third-order valence-corrected chi connectivity index (χ3v) is 5.15. The number of halogens is 3. The molecule has 0 saturated carbocycles. The predicted octanol–water partition coefficient (Wildman–Crippen LogP) is 4.51. The van der Waals surface area contributed by atoms with E-state index in [0.29, 0.717) is 17.9 Å². The highest BCUT2D eigenvalue weighted by molar-refractivity contribution is 5.92. The number of alkyl halides is 3. The Morgan fingerprint density at radius 1 is 1.17 bits per heavy atom. The van der Waals surface area contributed by atoms with Crippen LogP contribution < -0.4 is 10.1 Å². The number of benzene rings is 2. The molecule has 1 saturated heterocycles. The van der Waals surface area contributed by atoms with Crippen molar-refractivity contribution in [2.45, 2.75) is 31.6 Å². The highest BCUT2D eigenvalue weighted by Gasteiger charge is 2.30. The predicted molar refractivity (Wildman–Crippen MR) is 110 cm³/mol. The van der Waals surface area contributed by atoms with E-state index in [2.05, 4.69) is 10.2 Å². The molecule has 1 aliphatic heterocycles. The molecule has 0 unspecified atom stereocenters. The van der Waals surface area contributed by atoms with Crippen molar-refractivity contribution in [3.8, 4) is 5.75 Å². The van der Waals surface area contributed by atoms with Crippen molar-refractivity contribution >= 4 is 12.0 Å². The Hall–Kier alpha value is -2.80. The van der Waals surface area contributed by atoms with Crippen molar-refractivity contribution in [3.63, 3.8) is 0 Å². The van der Waals surface area contributed by atoms with E-state index in [1.165, 1.54) is 18.2 Å². The van der Waals surface area contributed by atoms with Crippen LogP contribution in [0.25, 0.3) is 6.08 Å². The Morgan fingerprint density at radius 2 is 1.90 bits per heavy atom. The minimum Gasteiger partial charge on any atom is -0.496 e. The Morgan fingerprint density at radius 3 is 2.60 bits per heavy atom. The zero-order valence-electron chi connectivity index (χ0n) is 16.8. The quantitative estimate of drug-likeness (QED) is 0.702. The summed E-state index contributed by atoms with van der Waals surface area (Å²) in [6, 6.07) is 12.9. The van der Waals surface area contributed by atoms with Crippen molar-refractivity contribution in [2.75, 3.05) is 20.2 Å². The smallest absolute Gasteiger partial charge is 0.416 e. The first-order valence-electron chi connectivity index (χ1n) is 9.85. The molecule has 0 spiro atoms.